The summed E-state index contributed by atoms with van der Waals surface area (Å²) in [6, 6.07) is 17.3. The topological polar surface area (TPSA) is 34.1 Å². The zero-order valence-electron chi connectivity index (χ0n) is 10.5. The lowest BCUT2D eigenvalue weighted by Crippen LogP contribution is -2.03. The van der Waals surface area contributed by atoms with E-state index >= 15 is 0 Å². The van der Waals surface area contributed by atoms with Crippen LogP contribution in [-0.4, -0.2) is 8.42 Å². The quantitative estimate of drug-likeness (QED) is 0.718. The van der Waals surface area contributed by atoms with Crippen LogP contribution in [0.15, 0.2) is 76.5 Å². The molecule has 0 unspecified atom stereocenters. The summed E-state index contributed by atoms with van der Waals surface area (Å²) in [4.78, 5) is 0.162. The van der Waals surface area contributed by atoms with Crippen molar-refractivity contribution in [3.8, 4) is 0 Å². The van der Waals surface area contributed by atoms with Crippen LogP contribution in [0.2, 0.25) is 0 Å². The van der Waals surface area contributed by atoms with Crippen LogP contribution in [0, 0.1) is 5.82 Å². The summed E-state index contributed by atoms with van der Waals surface area (Å²) in [6.07, 6.45) is 0. The lowest BCUT2D eigenvalue weighted by atomic mass is 10.1. The third kappa shape index (κ3) is 1.98. The first kappa shape index (κ1) is 12.8. The average Bonchev–Trinajstić information content (AvgIpc) is 2.48. The maximum Gasteiger partial charge on any atom is 0.207 e. The first-order chi connectivity index (χ1) is 9.60. The van der Waals surface area contributed by atoms with Gasteiger partial charge in [-0.25, -0.2) is 12.8 Å². The molecule has 100 valence electrons. The average molecular weight is 286 g/mol. The summed E-state index contributed by atoms with van der Waals surface area (Å²) < 4.78 is 39.3. The van der Waals surface area contributed by atoms with Crippen LogP contribution >= 0.6 is 0 Å². The van der Waals surface area contributed by atoms with Crippen LogP contribution in [0.3, 0.4) is 0 Å². The Labute approximate surface area is 116 Å². The maximum absolute atomic E-state index is 14.0. The normalized spacial score (nSPS) is 11.7. The molecule has 2 nitrogen and oxygen atoms in total. The maximum atomic E-state index is 14.0. The van der Waals surface area contributed by atoms with Gasteiger partial charge in [0.1, 0.15) is 5.82 Å². The number of hydrogen-bond donors (Lipinski definition) is 0. The van der Waals surface area contributed by atoms with Crippen molar-refractivity contribution in [1.29, 1.82) is 0 Å². The highest BCUT2D eigenvalue weighted by Crippen LogP contribution is 2.29. The largest absolute Gasteiger partial charge is 0.218 e. The van der Waals surface area contributed by atoms with Crippen LogP contribution in [0.25, 0.3) is 10.8 Å². The molecule has 0 atom stereocenters. The molecule has 3 aromatic carbocycles. The lowest BCUT2D eigenvalue weighted by molar-refractivity contribution is 0.595. The summed E-state index contributed by atoms with van der Waals surface area (Å²) >= 11 is 0. The minimum Gasteiger partial charge on any atom is -0.218 e. The van der Waals surface area contributed by atoms with Crippen molar-refractivity contribution in [2.24, 2.45) is 0 Å². The number of benzene rings is 3. The van der Waals surface area contributed by atoms with E-state index in [2.05, 4.69) is 0 Å². The Hall–Kier alpha value is -2.20. The molecule has 3 rings (SSSR count). The molecule has 0 fully saturated rings. The fourth-order valence-corrected chi connectivity index (χ4v) is 3.72. The minimum atomic E-state index is -3.73. The van der Waals surface area contributed by atoms with E-state index in [4.69, 9.17) is 0 Å². The summed E-state index contributed by atoms with van der Waals surface area (Å²) in [5, 5.41) is 0.709. The molecule has 0 aliphatic heterocycles. The second-order valence-corrected chi connectivity index (χ2v) is 6.33. The molecule has 0 saturated heterocycles. The van der Waals surface area contributed by atoms with Gasteiger partial charge in [-0.05, 0) is 29.7 Å². The van der Waals surface area contributed by atoms with E-state index in [0.717, 1.165) is 0 Å². The summed E-state index contributed by atoms with van der Waals surface area (Å²) in [6.45, 7) is 0. The number of hydrogen-bond acceptors (Lipinski definition) is 2. The molecule has 20 heavy (non-hydrogen) atoms. The highest BCUT2D eigenvalue weighted by Gasteiger charge is 2.21. The molecule has 3 aromatic rings. The predicted molar refractivity (Wildman–Crippen MR) is 75.8 cm³/mol. The third-order valence-electron chi connectivity index (χ3n) is 3.16. The second kappa shape index (κ2) is 4.72. The van der Waals surface area contributed by atoms with Crippen molar-refractivity contribution in [3.63, 3.8) is 0 Å². The van der Waals surface area contributed by atoms with Crippen molar-refractivity contribution in [2.45, 2.75) is 9.79 Å². The first-order valence-corrected chi connectivity index (χ1v) is 7.56. The van der Waals surface area contributed by atoms with Crippen LogP contribution < -0.4 is 0 Å². The molecule has 0 N–H and O–H groups in total. The molecule has 0 spiro atoms. The molecule has 4 heteroatoms. The fourth-order valence-electron chi connectivity index (χ4n) is 2.21. The Morgan fingerprint density at radius 3 is 2.10 bits per heavy atom. The van der Waals surface area contributed by atoms with Gasteiger partial charge in [-0.3, -0.25) is 0 Å². The van der Waals surface area contributed by atoms with Gasteiger partial charge in [0.05, 0.1) is 9.79 Å². The van der Waals surface area contributed by atoms with E-state index < -0.39 is 15.7 Å². The highest BCUT2D eigenvalue weighted by molar-refractivity contribution is 7.91. The highest BCUT2D eigenvalue weighted by atomic mass is 32.2. The molecule has 0 aliphatic rings. The monoisotopic (exact) mass is 286 g/mol. The molecule has 0 saturated carbocycles. The Morgan fingerprint density at radius 1 is 0.750 bits per heavy atom. The Kier molecular flexibility index (Phi) is 3.03. The summed E-state index contributed by atoms with van der Waals surface area (Å²) in [5.74, 6) is -0.530. The van der Waals surface area contributed by atoms with Crippen molar-refractivity contribution >= 4 is 20.6 Å². The first-order valence-electron chi connectivity index (χ1n) is 6.08. The van der Waals surface area contributed by atoms with Crippen LogP contribution in [0.4, 0.5) is 4.39 Å². The molecule has 0 amide bonds. The van der Waals surface area contributed by atoms with Gasteiger partial charge in [0.25, 0.3) is 0 Å². The predicted octanol–water partition coefficient (Wildman–Crippen LogP) is 3.81. The molecule has 0 heterocycles. The Balaban J connectivity index is 2.36. The number of rotatable bonds is 2. The zero-order chi connectivity index (χ0) is 14.2. The zero-order valence-corrected chi connectivity index (χ0v) is 11.3. The van der Waals surface area contributed by atoms with E-state index in [0.29, 0.717) is 5.39 Å². The second-order valence-electron chi connectivity index (χ2n) is 4.41. The SMILES string of the molecule is O=S(=O)(c1ccccc1)c1cccc2cccc(F)c12. The summed E-state index contributed by atoms with van der Waals surface area (Å²) in [5.41, 5.74) is 0. The van der Waals surface area contributed by atoms with Crippen molar-refractivity contribution in [1.82, 2.24) is 0 Å². The van der Waals surface area contributed by atoms with E-state index in [1.54, 1.807) is 42.5 Å². The van der Waals surface area contributed by atoms with Gasteiger partial charge < -0.3 is 0 Å². The van der Waals surface area contributed by atoms with E-state index in [1.165, 1.54) is 24.3 Å². The Bertz CT molecular complexity index is 866. The van der Waals surface area contributed by atoms with Crippen molar-refractivity contribution in [3.05, 3.63) is 72.5 Å². The minimum absolute atomic E-state index is 0.000648. The van der Waals surface area contributed by atoms with E-state index in [9.17, 15) is 12.8 Å². The summed E-state index contributed by atoms with van der Waals surface area (Å²) in [7, 11) is -3.73. The number of sulfone groups is 1. The van der Waals surface area contributed by atoms with E-state index in [1.807, 2.05) is 0 Å². The Morgan fingerprint density at radius 2 is 1.40 bits per heavy atom. The standard InChI is InChI=1S/C16H11FO2S/c17-14-10-4-6-12-7-5-11-15(16(12)14)20(18,19)13-8-2-1-3-9-13/h1-11H. The molecular weight excluding hydrogens is 275 g/mol. The number of halogens is 1. The smallest absolute Gasteiger partial charge is 0.207 e. The van der Waals surface area contributed by atoms with Gasteiger partial charge in [0.2, 0.25) is 9.84 Å². The van der Waals surface area contributed by atoms with E-state index in [-0.39, 0.29) is 15.2 Å². The van der Waals surface area contributed by atoms with Gasteiger partial charge in [-0.2, -0.15) is 0 Å². The molecule has 0 radical (unpaired) electrons. The third-order valence-corrected chi connectivity index (χ3v) is 4.97. The van der Waals surface area contributed by atoms with Crippen LogP contribution in [0.5, 0.6) is 0 Å². The molecule has 0 aliphatic carbocycles. The van der Waals surface area contributed by atoms with Crippen LogP contribution in [-0.2, 0) is 9.84 Å². The molecule has 0 aromatic heterocycles. The van der Waals surface area contributed by atoms with Crippen molar-refractivity contribution in [2.75, 3.05) is 0 Å². The van der Waals surface area contributed by atoms with Gasteiger partial charge >= 0.3 is 0 Å². The van der Waals surface area contributed by atoms with Gasteiger partial charge in [0, 0.05) is 5.39 Å². The number of fused-ring (bicyclic) bond motifs is 1. The van der Waals surface area contributed by atoms with Crippen LogP contribution in [0.1, 0.15) is 0 Å². The molecular formula is C16H11FO2S. The van der Waals surface area contributed by atoms with Gasteiger partial charge in [-0.1, -0.05) is 42.5 Å². The van der Waals surface area contributed by atoms with Gasteiger partial charge in [0.15, 0.2) is 0 Å². The molecule has 0 bridgehead atoms. The van der Waals surface area contributed by atoms with Gasteiger partial charge in [-0.15, -0.1) is 0 Å². The lowest BCUT2D eigenvalue weighted by Gasteiger charge is -2.09. The van der Waals surface area contributed by atoms with Crippen molar-refractivity contribution < 1.29 is 12.8 Å². The fraction of sp³-hybridized carbons (Fsp3) is 0.